The Kier molecular flexibility index (Phi) is 5.33. The molecule has 0 radical (unpaired) electrons. The van der Waals surface area contributed by atoms with Crippen LogP contribution in [0.4, 0.5) is 0 Å². The van der Waals surface area contributed by atoms with Crippen molar-refractivity contribution < 1.29 is 14.6 Å². The van der Waals surface area contributed by atoms with Crippen molar-refractivity contribution in [2.75, 3.05) is 13.7 Å². The monoisotopic (exact) mass is 401 g/mol. The van der Waals surface area contributed by atoms with Crippen LogP contribution in [0.3, 0.4) is 0 Å². The van der Waals surface area contributed by atoms with Crippen molar-refractivity contribution in [3.05, 3.63) is 33.4 Å². The molecule has 1 aliphatic carbocycles. The van der Waals surface area contributed by atoms with Crippen LogP contribution < -0.4 is 10.5 Å². The summed E-state index contributed by atoms with van der Waals surface area (Å²) in [6, 6.07) is 3.92. The number of aryl methyl sites for hydroxylation is 1. The number of nitrogens with zero attached hydrogens (tertiary/aromatic N) is 2. The van der Waals surface area contributed by atoms with Gasteiger partial charge in [-0.15, -0.1) is 12.4 Å². The van der Waals surface area contributed by atoms with Gasteiger partial charge in [0.15, 0.2) is 0 Å². The third kappa shape index (κ3) is 2.96. The van der Waals surface area contributed by atoms with E-state index in [0.29, 0.717) is 19.5 Å². The van der Waals surface area contributed by atoms with E-state index in [1.54, 1.807) is 7.11 Å². The summed E-state index contributed by atoms with van der Waals surface area (Å²) in [6.45, 7) is 0.737. The number of carboxylic acids is 1. The summed E-state index contributed by atoms with van der Waals surface area (Å²) in [6.07, 6.45) is 1.42. The van der Waals surface area contributed by atoms with E-state index in [1.807, 2.05) is 12.1 Å². The predicted octanol–water partition coefficient (Wildman–Crippen LogP) is 2.50. The first-order valence-electron chi connectivity index (χ1n) is 6.96. The number of ether oxygens (including phenoxy) is 1. The van der Waals surface area contributed by atoms with Gasteiger partial charge in [0, 0.05) is 17.7 Å². The molecule has 1 aromatic heterocycles. The Morgan fingerprint density at radius 3 is 2.83 bits per heavy atom. The van der Waals surface area contributed by atoms with Gasteiger partial charge in [0.2, 0.25) is 0 Å². The number of aromatic nitrogens is 2. The Hall–Kier alpha value is -1.57. The van der Waals surface area contributed by atoms with Crippen molar-refractivity contribution in [3.8, 4) is 17.0 Å². The van der Waals surface area contributed by atoms with Gasteiger partial charge in [-0.3, -0.25) is 4.68 Å². The average Bonchev–Trinajstić information content (AvgIpc) is 2.85. The predicted molar refractivity (Wildman–Crippen MR) is 92.6 cm³/mol. The number of rotatable bonds is 4. The van der Waals surface area contributed by atoms with Crippen molar-refractivity contribution >= 4 is 34.3 Å². The third-order valence-electron chi connectivity index (χ3n) is 3.87. The van der Waals surface area contributed by atoms with Gasteiger partial charge in [-0.05, 0) is 46.5 Å². The lowest BCUT2D eigenvalue weighted by Gasteiger charge is -2.17. The fourth-order valence-electron chi connectivity index (χ4n) is 2.91. The Morgan fingerprint density at radius 2 is 2.22 bits per heavy atom. The van der Waals surface area contributed by atoms with Crippen LogP contribution in [-0.2, 0) is 19.4 Å². The summed E-state index contributed by atoms with van der Waals surface area (Å²) < 4.78 is 7.65. The first kappa shape index (κ1) is 17.8. The average molecular weight is 403 g/mol. The lowest BCUT2D eigenvalue weighted by atomic mass is 9.89. The van der Waals surface area contributed by atoms with E-state index < -0.39 is 5.97 Å². The first-order chi connectivity index (χ1) is 10.6. The van der Waals surface area contributed by atoms with E-state index in [1.165, 1.54) is 4.68 Å². The number of halogens is 2. The molecule has 0 fully saturated rings. The molecule has 0 atom stereocenters. The number of methoxy groups -OCH3 is 1. The van der Waals surface area contributed by atoms with Gasteiger partial charge in [0.1, 0.15) is 11.4 Å². The molecule has 0 bridgehead atoms. The summed E-state index contributed by atoms with van der Waals surface area (Å²) in [5.74, 6) is -0.194. The van der Waals surface area contributed by atoms with Crippen molar-refractivity contribution in [2.45, 2.75) is 19.4 Å². The minimum absolute atomic E-state index is 0. The summed E-state index contributed by atoms with van der Waals surface area (Å²) >= 11 is 3.48. The minimum Gasteiger partial charge on any atom is -0.496 e. The first-order valence-corrected chi connectivity index (χ1v) is 7.76. The molecule has 0 spiro atoms. The molecule has 3 N–H and O–H groups in total. The number of benzene rings is 1. The van der Waals surface area contributed by atoms with Crippen LogP contribution in [0.5, 0.6) is 5.75 Å². The highest BCUT2D eigenvalue weighted by Crippen LogP contribution is 2.39. The van der Waals surface area contributed by atoms with Crippen LogP contribution >= 0.6 is 28.3 Å². The van der Waals surface area contributed by atoms with E-state index >= 15 is 0 Å². The molecule has 0 aliphatic heterocycles. The van der Waals surface area contributed by atoms with Gasteiger partial charge in [-0.1, -0.05) is 0 Å². The lowest BCUT2D eigenvalue weighted by molar-refractivity contribution is 0.0682. The maximum absolute atomic E-state index is 11.6. The molecule has 23 heavy (non-hydrogen) atoms. The number of hydrogen-bond acceptors (Lipinski definition) is 4. The minimum atomic E-state index is -0.960. The zero-order valence-corrected chi connectivity index (χ0v) is 14.9. The van der Waals surface area contributed by atoms with E-state index in [-0.39, 0.29) is 18.1 Å². The Balaban J connectivity index is 0.00000192. The quantitative estimate of drug-likeness (QED) is 0.820. The Bertz CT molecular complexity index is 761. The summed E-state index contributed by atoms with van der Waals surface area (Å²) in [7, 11) is 1.62. The largest absolute Gasteiger partial charge is 0.496 e. The lowest BCUT2D eigenvalue weighted by Crippen LogP contribution is -2.17. The van der Waals surface area contributed by atoms with Crippen LogP contribution in [-0.4, -0.2) is 34.5 Å². The second-order valence-electron chi connectivity index (χ2n) is 5.14. The summed E-state index contributed by atoms with van der Waals surface area (Å²) in [5, 5.41) is 14.0. The molecular formula is C15H17BrClN3O3. The van der Waals surface area contributed by atoms with Crippen molar-refractivity contribution in [3.63, 3.8) is 0 Å². The van der Waals surface area contributed by atoms with Crippen molar-refractivity contribution in [1.29, 1.82) is 0 Å². The van der Waals surface area contributed by atoms with E-state index in [9.17, 15) is 9.90 Å². The maximum atomic E-state index is 11.6. The zero-order chi connectivity index (χ0) is 15.9. The highest BCUT2D eigenvalue weighted by Gasteiger charge is 2.28. The molecular weight excluding hydrogens is 386 g/mol. The second-order valence-corrected chi connectivity index (χ2v) is 5.99. The number of carbonyl (C=O) groups is 1. The zero-order valence-electron chi connectivity index (χ0n) is 12.5. The van der Waals surface area contributed by atoms with Crippen LogP contribution in [0.1, 0.15) is 21.6 Å². The number of nitrogens with two attached hydrogens (primary N) is 1. The van der Waals surface area contributed by atoms with Crippen LogP contribution in [0.25, 0.3) is 11.3 Å². The molecule has 0 unspecified atom stereocenters. The molecule has 1 aliphatic rings. The maximum Gasteiger partial charge on any atom is 0.354 e. The number of hydrogen-bond donors (Lipinski definition) is 2. The fourth-order valence-corrected chi connectivity index (χ4v) is 3.42. The smallest absolute Gasteiger partial charge is 0.354 e. The van der Waals surface area contributed by atoms with Gasteiger partial charge in [0.25, 0.3) is 0 Å². The van der Waals surface area contributed by atoms with Gasteiger partial charge < -0.3 is 15.6 Å². The second kappa shape index (κ2) is 6.90. The Morgan fingerprint density at radius 1 is 1.48 bits per heavy atom. The molecule has 0 amide bonds. The topological polar surface area (TPSA) is 90.4 Å². The van der Waals surface area contributed by atoms with E-state index in [4.69, 9.17) is 10.5 Å². The van der Waals surface area contributed by atoms with E-state index in [2.05, 4.69) is 21.0 Å². The number of carboxylic acid groups (broad SMARTS) is 1. The molecule has 1 heterocycles. The Labute approximate surface area is 148 Å². The molecule has 1 aromatic carbocycles. The van der Waals surface area contributed by atoms with Crippen LogP contribution in [0.15, 0.2) is 16.6 Å². The van der Waals surface area contributed by atoms with E-state index in [0.717, 1.165) is 39.0 Å². The summed E-state index contributed by atoms with van der Waals surface area (Å²) in [4.78, 5) is 11.6. The molecule has 8 heteroatoms. The molecule has 3 rings (SSSR count). The normalized spacial score (nSPS) is 12.1. The molecule has 2 aromatic rings. The van der Waals surface area contributed by atoms with Gasteiger partial charge in [-0.2, -0.15) is 5.10 Å². The van der Waals surface area contributed by atoms with Crippen molar-refractivity contribution in [2.24, 2.45) is 5.73 Å². The fraction of sp³-hybridized carbons (Fsp3) is 0.333. The van der Waals surface area contributed by atoms with Gasteiger partial charge in [-0.25, -0.2) is 4.79 Å². The molecule has 124 valence electrons. The SMILES string of the molecule is COc1cc2c(cc1Br)-c1nn(CCN)c(C(=O)O)c1CC2.Cl. The molecule has 0 saturated heterocycles. The van der Waals surface area contributed by atoms with Gasteiger partial charge >= 0.3 is 5.97 Å². The highest BCUT2D eigenvalue weighted by atomic mass is 79.9. The van der Waals surface area contributed by atoms with Crippen LogP contribution in [0.2, 0.25) is 0 Å². The highest BCUT2D eigenvalue weighted by molar-refractivity contribution is 9.10. The van der Waals surface area contributed by atoms with Crippen molar-refractivity contribution in [1.82, 2.24) is 9.78 Å². The standard InChI is InChI=1S/C15H16BrN3O3.ClH/c1-22-12-6-8-2-3-9-13(10(8)7-11(12)16)18-19(5-4-17)14(9)15(20)21;/h6-7H,2-5,17H2,1H3,(H,20,21);1H. The third-order valence-corrected chi connectivity index (χ3v) is 4.49. The van der Waals surface area contributed by atoms with Gasteiger partial charge in [0.05, 0.1) is 23.8 Å². The molecule has 0 saturated carbocycles. The number of fused-ring (bicyclic) bond motifs is 3. The number of aromatic carboxylic acids is 1. The van der Waals surface area contributed by atoms with Crippen LogP contribution in [0, 0.1) is 0 Å². The summed E-state index contributed by atoms with van der Waals surface area (Å²) in [5.41, 5.74) is 9.39. The molecule has 6 nitrogen and oxygen atoms in total.